The van der Waals surface area contributed by atoms with E-state index in [2.05, 4.69) is 10.3 Å². The van der Waals surface area contributed by atoms with Gasteiger partial charge in [0.15, 0.2) is 0 Å². The van der Waals surface area contributed by atoms with Crippen LogP contribution < -0.4 is 5.32 Å². The van der Waals surface area contributed by atoms with Gasteiger partial charge in [-0.15, -0.1) is 0 Å². The zero-order valence-electron chi connectivity index (χ0n) is 12.7. The lowest BCUT2D eigenvalue weighted by molar-refractivity contribution is 0.102. The molecule has 1 heterocycles. The fourth-order valence-corrected chi connectivity index (χ4v) is 1.91. The first-order valence-corrected chi connectivity index (χ1v) is 7.57. The minimum absolute atomic E-state index is 0.144. The third-order valence-corrected chi connectivity index (χ3v) is 3.16. The van der Waals surface area contributed by atoms with Crippen molar-refractivity contribution in [2.45, 2.75) is 0 Å². The SMILES string of the molecule is O=C(Cl)c1ccccc1.O=C(Nc1ccccn1)c1ccccc1. The van der Waals surface area contributed by atoms with Crippen molar-refractivity contribution in [1.29, 1.82) is 0 Å². The van der Waals surface area contributed by atoms with Crippen molar-refractivity contribution in [3.05, 3.63) is 96.2 Å². The lowest BCUT2D eigenvalue weighted by Crippen LogP contribution is -2.12. The Morgan fingerprint density at radius 3 is 1.75 bits per heavy atom. The number of anilines is 1. The number of hydrogen-bond donors (Lipinski definition) is 1. The Bertz CT molecular complexity index is 778. The molecule has 0 spiro atoms. The Labute approximate surface area is 145 Å². The summed E-state index contributed by atoms with van der Waals surface area (Å²) < 4.78 is 0. The quantitative estimate of drug-likeness (QED) is 0.720. The van der Waals surface area contributed by atoms with Crippen molar-refractivity contribution in [2.75, 3.05) is 5.32 Å². The summed E-state index contributed by atoms with van der Waals surface area (Å²) in [7, 11) is 0. The maximum absolute atomic E-state index is 11.7. The standard InChI is InChI=1S/C12H10N2O.C7H5ClO/c15-12(10-6-2-1-3-7-10)14-11-8-4-5-9-13-11;8-7(9)6-4-2-1-3-5-6/h1-9H,(H,13,14,15);1-5H. The summed E-state index contributed by atoms with van der Waals surface area (Å²) in [6, 6.07) is 23.2. The molecule has 0 saturated carbocycles. The molecule has 0 radical (unpaired) electrons. The summed E-state index contributed by atoms with van der Waals surface area (Å²) in [5.41, 5.74) is 1.17. The van der Waals surface area contributed by atoms with Crippen LogP contribution in [-0.4, -0.2) is 16.1 Å². The number of benzene rings is 2. The number of aromatic nitrogens is 1. The van der Waals surface area contributed by atoms with Crippen LogP contribution in [0.15, 0.2) is 85.1 Å². The summed E-state index contributed by atoms with van der Waals surface area (Å²) in [5.74, 6) is 0.417. The molecule has 0 aliphatic rings. The van der Waals surface area contributed by atoms with Crippen molar-refractivity contribution in [3.63, 3.8) is 0 Å². The summed E-state index contributed by atoms with van der Waals surface area (Å²) >= 11 is 5.16. The molecule has 3 aromatic rings. The Hall–Kier alpha value is -2.98. The Kier molecular flexibility index (Phi) is 6.68. The molecule has 2 aromatic carbocycles. The second-order valence-corrected chi connectivity index (χ2v) is 5.02. The van der Waals surface area contributed by atoms with Gasteiger partial charge in [-0.1, -0.05) is 54.6 Å². The lowest BCUT2D eigenvalue weighted by Gasteiger charge is -2.02. The van der Waals surface area contributed by atoms with Crippen molar-refractivity contribution < 1.29 is 9.59 Å². The predicted molar refractivity (Wildman–Crippen MR) is 95.3 cm³/mol. The van der Waals surface area contributed by atoms with E-state index in [0.717, 1.165) is 0 Å². The number of rotatable bonds is 3. The van der Waals surface area contributed by atoms with Crippen LogP contribution in [0.3, 0.4) is 0 Å². The molecule has 0 atom stereocenters. The largest absolute Gasteiger partial charge is 0.307 e. The molecule has 24 heavy (non-hydrogen) atoms. The van der Waals surface area contributed by atoms with Gasteiger partial charge in [-0.3, -0.25) is 9.59 Å². The first-order chi connectivity index (χ1) is 11.7. The minimum Gasteiger partial charge on any atom is -0.307 e. The molecule has 0 bridgehead atoms. The zero-order chi connectivity index (χ0) is 17.2. The third-order valence-electron chi connectivity index (χ3n) is 2.94. The van der Waals surface area contributed by atoms with Gasteiger partial charge >= 0.3 is 0 Å². The highest BCUT2D eigenvalue weighted by Gasteiger charge is 2.04. The minimum atomic E-state index is -0.407. The van der Waals surface area contributed by atoms with Crippen molar-refractivity contribution in [3.8, 4) is 0 Å². The molecule has 0 aliphatic carbocycles. The van der Waals surface area contributed by atoms with Gasteiger partial charge in [-0.05, 0) is 35.9 Å². The lowest BCUT2D eigenvalue weighted by atomic mass is 10.2. The zero-order valence-corrected chi connectivity index (χ0v) is 13.5. The summed E-state index contributed by atoms with van der Waals surface area (Å²) in [5, 5.41) is 2.30. The van der Waals surface area contributed by atoms with Crippen LogP contribution >= 0.6 is 11.6 Å². The van der Waals surface area contributed by atoms with Gasteiger partial charge in [0.1, 0.15) is 5.82 Å². The van der Waals surface area contributed by atoms with Gasteiger partial charge in [0.2, 0.25) is 0 Å². The molecule has 0 aliphatic heterocycles. The van der Waals surface area contributed by atoms with Gasteiger partial charge in [0, 0.05) is 17.3 Å². The van der Waals surface area contributed by atoms with Gasteiger partial charge in [-0.25, -0.2) is 4.98 Å². The van der Waals surface area contributed by atoms with Crippen LogP contribution in [-0.2, 0) is 0 Å². The molecule has 0 saturated heterocycles. The number of carbonyl (C=O) groups excluding carboxylic acids is 2. The second kappa shape index (κ2) is 9.22. The highest BCUT2D eigenvalue weighted by Crippen LogP contribution is 2.05. The Morgan fingerprint density at radius 2 is 1.29 bits per heavy atom. The number of halogens is 1. The van der Waals surface area contributed by atoms with Gasteiger partial charge in [0.05, 0.1) is 0 Å². The highest BCUT2D eigenvalue weighted by atomic mass is 35.5. The normalized spacial score (nSPS) is 9.38. The maximum Gasteiger partial charge on any atom is 0.256 e. The van der Waals surface area contributed by atoms with Crippen molar-refractivity contribution >= 4 is 28.6 Å². The van der Waals surface area contributed by atoms with Crippen LogP contribution in [0.5, 0.6) is 0 Å². The van der Waals surface area contributed by atoms with E-state index >= 15 is 0 Å². The van der Waals surface area contributed by atoms with Crippen LogP contribution in [0.2, 0.25) is 0 Å². The molecule has 3 rings (SSSR count). The number of nitrogens with zero attached hydrogens (tertiary/aromatic N) is 1. The first kappa shape index (κ1) is 17.4. The highest BCUT2D eigenvalue weighted by molar-refractivity contribution is 6.67. The number of carbonyl (C=O) groups is 2. The third kappa shape index (κ3) is 5.66. The van der Waals surface area contributed by atoms with Gasteiger partial charge < -0.3 is 5.32 Å². The molecule has 120 valence electrons. The number of hydrogen-bond acceptors (Lipinski definition) is 3. The molecule has 1 aromatic heterocycles. The molecule has 4 nitrogen and oxygen atoms in total. The topological polar surface area (TPSA) is 59.1 Å². The van der Waals surface area contributed by atoms with Gasteiger partial charge in [0.25, 0.3) is 11.1 Å². The summed E-state index contributed by atoms with van der Waals surface area (Å²) in [6.45, 7) is 0. The average Bonchev–Trinajstić information content (AvgIpc) is 2.64. The van der Waals surface area contributed by atoms with Crippen LogP contribution in [0.1, 0.15) is 20.7 Å². The molecule has 5 heteroatoms. The average molecular weight is 339 g/mol. The monoisotopic (exact) mass is 338 g/mol. The molecular formula is C19H15ClN2O2. The fourth-order valence-electron chi connectivity index (χ4n) is 1.78. The van der Waals surface area contributed by atoms with E-state index in [1.807, 2.05) is 30.3 Å². The molecule has 0 fully saturated rings. The summed E-state index contributed by atoms with van der Waals surface area (Å²) in [4.78, 5) is 26.1. The molecule has 1 amide bonds. The molecular weight excluding hydrogens is 324 g/mol. The molecule has 0 unspecified atom stereocenters. The number of amides is 1. The van der Waals surface area contributed by atoms with Crippen LogP contribution in [0.25, 0.3) is 0 Å². The molecule has 1 N–H and O–H groups in total. The Balaban J connectivity index is 0.000000198. The maximum atomic E-state index is 11.7. The second-order valence-electron chi connectivity index (χ2n) is 4.67. The van der Waals surface area contributed by atoms with E-state index < -0.39 is 5.24 Å². The van der Waals surface area contributed by atoms with Crippen LogP contribution in [0.4, 0.5) is 5.82 Å². The van der Waals surface area contributed by atoms with Crippen molar-refractivity contribution in [1.82, 2.24) is 4.98 Å². The Morgan fingerprint density at radius 1 is 0.750 bits per heavy atom. The van der Waals surface area contributed by atoms with Crippen LogP contribution in [0, 0.1) is 0 Å². The van der Waals surface area contributed by atoms with E-state index in [1.54, 1.807) is 54.7 Å². The smallest absolute Gasteiger partial charge is 0.256 e. The van der Waals surface area contributed by atoms with E-state index in [9.17, 15) is 9.59 Å². The summed E-state index contributed by atoms with van der Waals surface area (Å²) in [6.07, 6.45) is 1.64. The van der Waals surface area contributed by atoms with Crippen molar-refractivity contribution in [2.24, 2.45) is 0 Å². The van der Waals surface area contributed by atoms with Gasteiger partial charge in [-0.2, -0.15) is 0 Å². The first-order valence-electron chi connectivity index (χ1n) is 7.19. The fraction of sp³-hybridized carbons (Fsp3) is 0. The van der Waals surface area contributed by atoms with E-state index in [4.69, 9.17) is 11.6 Å². The van der Waals surface area contributed by atoms with E-state index in [1.165, 1.54) is 0 Å². The predicted octanol–water partition coefficient (Wildman–Crippen LogP) is 4.40. The van der Waals surface area contributed by atoms with E-state index in [0.29, 0.717) is 16.9 Å². The van der Waals surface area contributed by atoms with E-state index in [-0.39, 0.29) is 5.91 Å². The number of pyridine rings is 1. The number of nitrogens with one attached hydrogen (secondary N) is 1.